The van der Waals surface area contributed by atoms with E-state index in [1.54, 1.807) is 5.94 Å². The molecule has 0 aromatic rings. The van der Waals surface area contributed by atoms with Crippen molar-refractivity contribution in [2.45, 2.75) is 19.8 Å². The maximum absolute atomic E-state index is 10.8. The number of nitro groups is 1. The van der Waals surface area contributed by atoms with Crippen molar-refractivity contribution in [1.82, 2.24) is 0 Å². The molecule has 0 radical (unpaired) electrons. The molecule has 0 unspecified atom stereocenters. The van der Waals surface area contributed by atoms with Gasteiger partial charge in [0.1, 0.15) is 17.3 Å². The summed E-state index contributed by atoms with van der Waals surface area (Å²) in [6.07, 6.45) is 2.02. The Morgan fingerprint density at radius 1 is 1.59 bits per heavy atom. The lowest BCUT2D eigenvalue weighted by Gasteiger charge is -2.16. The molecule has 0 aromatic carbocycles. The van der Waals surface area contributed by atoms with Crippen molar-refractivity contribution in [3.05, 3.63) is 39.0 Å². The van der Waals surface area contributed by atoms with Gasteiger partial charge in [0.15, 0.2) is 5.76 Å². The Bertz CT molecular complexity index is 429. The van der Waals surface area contributed by atoms with Gasteiger partial charge in [0.05, 0.1) is 31.1 Å². The molecule has 1 rings (SSSR count). The lowest BCUT2D eigenvalue weighted by molar-refractivity contribution is -0.421. The van der Waals surface area contributed by atoms with Crippen molar-refractivity contribution >= 4 is 5.94 Å². The van der Waals surface area contributed by atoms with Crippen LogP contribution in [0.25, 0.3) is 0 Å². The molecule has 0 saturated carbocycles. The first kappa shape index (κ1) is 13.0. The maximum atomic E-state index is 10.8. The van der Waals surface area contributed by atoms with E-state index in [0.717, 1.165) is 6.42 Å². The number of ether oxygens (including phenoxy) is 2. The number of nitrogens with zero attached hydrogens (tertiary/aromatic N) is 1. The van der Waals surface area contributed by atoms with Gasteiger partial charge in [-0.2, -0.15) is 0 Å². The molecule has 17 heavy (non-hydrogen) atoms. The molecule has 0 aromatic heterocycles. The van der Waals surface area contributed by atoms with Gasteiger partial charge in [0.25, 0.3) is 5.70 Å². The van der Waals surface area contributed by atoms with E-state index in [2.05, 4.69) is 0 Å². The minimum atomic E-state index is -0.623. The molecule has 0 heterocycles. The van der Waals surface area contributed by atoms with Crippen molar-refractivity contribution in [3.63, 3.8) is 0 Å². The highest BCUT2D eigenvalue weighted by Crippen LogP contribution is 2.28. The lowest BCUT2D eigenvalue weighted by atomic mass is 10.0. The van der Waals surface area contributed by atoms with E-state index in [1.165, 1.54) is 13.2 Å². The highest BCUT2D eigenvalue weighted by atomic mass is 16.6. The highest BCUT2D eigenvalue weighted by molar-refractivity contribution is 5.62. The van der Waals surface area contributed by atoms with E-state index in [9.17, 15) is 14.9 Å². The minimum absolute atomic E-state index is 0.0318. The smallest absolute Gasteiger partial charge is 0.287 e. The lowest BCUT2D eigenvalue weighted by Crippen LogP contribution is -2.12. The fraction of sp³-hybridized carbons (Fsp3) is 0.455. The Labute approximate surface area is 98.4 Å². The first-order valence-electron chi connectivity index (χ1n) is 5.14. The van der Waals surface area contributed by atoms with Crippen molar-refractivity contribution in [2.24, 2.45) is 0 Å². The monoisotopic (exact) mass is 239 g/mol. The Balaban J connectivity index is 3.11. The summed E-state index contributed by atoms with van der Waals surface area (Å²) in [4.78, 5) is 20.8. The predicted molar refractivity (Wildman–Crippen MR) is 59.2 cm³/mol. The quantitative estimate of drug-likeness (QED) is 0.413. The van der Waals surface area contributed by atoms with Crippen LogP contribution in [0.4, 0.5) is 0 Å². The molecule has 0 fully saturated rings. The van der Waals surface area contributed by atoms with Gasteiger partial charge in [-0.3, -0.25) is 10.1 Å². The van der Waals surface area contributed by atoms with Crippen LogP contribution in [0, 0.1) is 10.1 Å². The van der Waals surface area contributed by atoms with E-state index in [1.807, 2.05) is 6.92 Å². The topological polar surface area (TPSA) is 78.7 Å². The summed E-state index contributed by atoms with van der Waals surface area (Å²) in [5.41, 5.74) is -0.317. The second kappa shape index (κ2) is 5.86. The third-order valence-corrected chi connectivity index (χ3v) is 2.22. The molecule has 6 heteroatoms. The molecule has 0 N–H and O–H groups in total. The van der Waals surface area contributed by atoms with E-state index in [0.29, 0.717) is 18.1 Å². The fourth-order valence-electron chi connectivity index (χ4n) is 1.39. The zero-order chi connectivity index (χ0) is 12.8. The third-order valence-electron chi connectivity index (χ3n) is 2.22. The Kier molecular flexibility index (Phi) is 4.48. The number of rotatable bonds is 5. The van der Waals surface area contributed by atoms with E-state index in [4.69, 9.17) is 9.47 Å². The summed E-state index contributed by atoms with van der Waals surface area (Å²) in [6, 6.07) is 0. The van der Waals surface area contributed by atoms with Gasteiger partial charge < -0.3 is 9.47 Å². The van der Waals surface area contributed by atoms with Crippen LogP contribution in [0.3, 0.4) is 0 Å². The molecule has 0 saturated heterocycles. The molecule has 0 aliphatic heterocycles. The number of methoxy groups -OCH3 is 1. The van der Waals surface area contributed by atoms with Crippen LogP contribution in [-0.4, -0.2) is 24.6 Å². The molecular weight excluding hydrogens is 226 g/mol. The number of hydrogen-bond donors (Lipinski definition) is 0. The van der Waals surface area contributed by atoms with Gasteiger partial charge in [-0.05, 0) is 6.42 Å². The second-order valence-corrected chi connectivity index (χ2v) is 3.38. The molecule has 0 amide bonds. The van der Waals surface area contributed by atoms with Crippen LogP contribution in [0.5, 0.6) is 0 Å². The largest absolute Gasteiger partial charge is 0.497 e. The highest BCUT2D eigenvalue weighted by Gasteiger charge is 2.28. The van der Waals surface area contributed by atoms with Crippen LogP contribution in [0.1, 0.15) is 19.8 Å². The van der Waals surface area contributed by atoms with Crippen molar-refractivity contribution < 1.29 is 19.2 Å². The predicted octanol–water partition coefficient (Wildman–Crippen LogP) is 1.59. The Morgan fingerprint density at radius 3 is 2.76 bits per heavy atom. The molecule has 1 aliphatic carbocycles. The van der Waals surface area contributed by atoms with Crippen LogP contribution >= 0.6 is 0 Å². The normalized spacial score (nSPS) is 15.2. The molecule has 0 atom stereocenters. The molecule has 0 spiro atoms. The van der Waals surface area contributed by atoms with Crippen LogP contribution in [0.2, 0.25) is 0 Å². The zero-order valence-electron chi connectivity index (χ0n) is 9.69. The summed E-state index contributed by atoms with van der Waals surface area (Å²) >= 11 is 0. The van der Waals surface area contributed by atoms with Crippen molar-refractivity contribution in [1.29, 1.82) is 0 Å². The summed E-state index contributed by atoms with van der Waals surface area (Å²) < 4.78 is 10.4. The molecule has 1 aliphatic rings. The van der Waals surface area contributed by atoms with Crippen LogP contribution in [-0.2, 0) is 14.3 Å². The van der Waals surface area contributed by atoms with Crippen LogP contribution < -0.4 is 0 Å². The van der Waals surface area contributed by atoms with E-state index < -0.39 is 4.92 Å². The minimum Gasteiger partial charge on any atom is -0.497 e. The maximum Gasteiger partial charge on any atom is 0.287 e. The summed E-state index contributed by atoms with van der Waals surface area (Å²) in [7, 11) is 1.43. The van der Waals surface area contributed by atoms with Crippen molar-refractivity contribution in [3.8, 4) is 0 Å². The molecule has 0 bridgehead atoms. The SMILES string of the molecule is CCCOC1=C(OC)CC(=C=O)C([N+](=O)[O-])=C1. The van der Waals surface area contributed by atoms with Gasteiger partial charge in [-0.1, -0.05) is 6.92 Å². The first-order chi connectivity index (χ1) is 8.13. The Hall–Kier alpha value is -2.07. The second-order valence-electron chi connectivity index (χ2n) is 3.38. The average molecular weight is 239 g/mol. The summed E-state index contributed by atoms with van der Waals surface area (Å²) in [5.74, 6) is 2.27. The zero-order valence-corrected chi connectivity index (χ0v) is 9.69. The average Bonchev–Trinajstić information content (AvgIpc) is 2.34. The first-order valence-corrected chi connectivity index (χ1v) is 5.14. The van der Waals surface area contributed by atoms with Gasteiger partial charge >= 0.3 is 0 Å². The molecule has 6 nitrogen and oxygen atoms in total. The van der Waals surface area contributed by atoms with Gasteiger partial charge in [-0.25, -0.2) is 4.79 Å². The fourth-order valence-corrected chi connectivity index (χ4v) is 1.39. The van der Waals surface area contributed by atoms with E-state index in [-0.39, 0.29) is 17.7 Å². The van der Waals surface area contributed by atoms with Gasteiger partial charge in [-0.15, -0.1) is 0 Å². The third kappa shape index (κ3) is 2.95. The Morgan fingerprint density at radius 2 is 2.29 bits per heavy atom. The standard InChI is InChI=1S/C11H13NO5/c1-3-4-17-11-6-9(12(14)15)8(7-13)5-10(11)16-2/h6H,3-5H2,1-2H3. The number of hydrogen-bond acceptors (Lipinski definition) is 5. The van der Waals surface area contributed by atoms with Crippen LogP contribution in [0.15, 0.2) is 28.9 Å². The van der Waals surface area contributed by atoms with E-state index >= 15 is 0 Å². The number of carbonyl (C=O) groups excluding carboxylic acids is 1. The summed E-state index contributed by atoms with van der Waals surface area (Å²) in [5, 5.41) is 10.8. The van der Waals surface area contributed by atoms with Gasteiger partial charge in [0, 0.05) is 0 Å². The molecular formula is C11H13NO5. The van der Waals surface area contributed by atoms with Gasteiger partial charge in [0.2, 0.25) is 0 Å². The number of allylic oxidation sites excluding steroid dienone is 3. The molecule has 92 valence electrons. The van der Waals surface area contributed by atoms with Crippen molar-refractivity contribution in [2.75, 3.05) is 13.7 Å². The summed E-state index contributed by atoms with van der Waals surface area (Å²) in [6.45, 7) is 2.36.